The summed E-state index contributed by atoms with van der Waals surface area (Å²) in [6.45, 7) is 15.4. The molecule has 3 N–H and O–H groups in total. The van der Waals surface area contributed by atoms with Crippen molar-refractivity contribution in [3.05, 3.63) is 83.2 Å². The Hall–Kier alpha value is -5.72. The van der Waals surface area contributed by atoms with Gasteiger partial charge in [-0.2, -0.15) is 5.26 Å². The van der Waals surface area contributed by atoms with Crippen LogP contribution in [0.3, 0.4) is 0 Å². The highest BCUT2D eigenvalue weighted by Crippen LogP contribution is 2.55. The van der Waals surface area contributed by atoms with Gasteiger partial charge in [0.15, 0.2) is 0 Å². The number of methoxy groups -OCH3 is 1. The van der Waals surface area contributed by atoms with E-state index in [1.54, 1.807) is 24.3 Å². The molecule has 7 rings (SSSR count). The van der Waals surface area contributed by atoms with Crippen LogP contribution in [-0.2, 0) is 14.3 Å². The number of halogens is 1. The summed E-state index contributed by atoms with van der Waals surface area (Å²) in [5.74, 6) is -1.24. The van der Waals surface area contributed by atoms with Crippen LogP contribution in [0, 0.1) is 28.0 Å². The lowest BCUT2D eigenvalue weighted by Gasteiger charge is -2.63. The number of ether oxygens (including phenoxy) is 4. The number of hydrogen-bond donors (Lipinski definition) is 3. The van der Waals surface area contributed by atoms with Crippen molar-refractivity contribution < 1.29 is 42.5 Å². The van der Waals surface area contributed by atoms with Crippen molar-refractivity contribution in [3.8, 4) is 23.3 Å². The van der Waals surface area contributed by atoms with E-state index in [2.05, 4.69) is 73.4 Å². The van der Waals surface area contributed by atoms with E-state index >= 15 is 4.39 Å². The summed E-state index contributed by atoms with van der Waals surface area (Å²) in [6.07, 6.45) is 1.43. The van der Waals surface area contributed by atoms with Gasteiger partial charge in [-0.1, -0.05) is 27.7 Å². The third kappa shape index (κ3) is 9.22. The number of piperidine rings is 1. The SMILES string of the molecule is COc1cc(OC2C(C)(C)C(NC(=O)c3ccc(N4CCO[C@@H](CN(C(C)C)C5CC(Oc6ccc(C(=O)N[C@H]7CCC(=O)NC7=O)c(F)c6)C5)C4)cc3)C2(C)C)ccc1C#N. The molecule has 2 saturated heterocycles. The topological polar surface area (TPSA) is 172 Å². The molecule has 4 fully saturated rings. The summed E-state index contributed by atoms with van der Waals surface area (Å²) < 4.78 is 39.2. The van der Waals surface area contributed by atoms with Gasteiger partial charge in [-0.05, 0) is 68.8 Å². The Labute approximate surface area is 362 Å². The molecule has 3 aromatic rings. The minimum atomic E-state index is -0.898. The number of anilines is 1. The second-order valence-corrected chi connectivity index (χ2v) is 18.3. The van der Waals surface area contributed by atoms with Crippen molar-refractivity contribution in [2.75, 3.05) is 38.3 Å². The molecule has 2 saturated carbocycles. The zero-order valence-corrected chi connectivity index (χ0v) is 36.5. The predicted molar refractivity (Wildman–Crippen MR) is 229 cm³/mol. The molecule has 2 heterocycles. The van der Waals surface area contributed by atoms with Crippen molar-refractivity contribution in [2.24, 2.45) is 10.8 Å². The number of nitrogens with one attached hydrogen (secondary N) is 3. The summed E-state index contributed by atoms with van der Waals surface area (Å²) in [7, 11) is 1.52. The van der Waals surface area contributed by atoms with E-state index in [1.165, 1.54) is 19.2 Å². The number of amides is 4. The molecule has 15 heteroatoms. The van der Waals surface area contributed by atoms with Gasteiger partial charge >= 0.3 is 0 Å². The minimum absolute atomic E-state index is 0.0364. The van der Waals surface area contributed by atoms with Crippen molar-refractivity contribution in [1.29, 1.82) is 5.26 Å². The van der Waals surface area contributed by atoms with Crippen LogP contribution in [0.15, 0.2) is 60.7 Å². The Morgan fingerprint density at radius 2 is 1.68 bits per heavy atom. The maximum Gasteiger partial charge on any atom is 0.254 e. The normalized spacial score (nSPS) is 25.1. The molecule has 0 aromatic heterocycles. The second-order valence-electron chi connectivity index (χ2n) is 18.3. The van der Waals surface area contributed by atoms with Crippen molar-refractivity contribution in [2.45, 2.75) is 110 Å². The fraction of sp³-hybridized carbons (Fsp3) is 0.511. The number of carbonyl (C=O) groups is 4. The smallest absolute Gasteiger partial charge is 0.254 e. The number of morpholine rings is 1. The van der Waals surface area contributed by atoms with E-state index in [1.807, 2.05) is 24.3 Å². The Morgan fingerprint density at radius 3 is 2.32 bits per heavy atom. The number of nitrogens with zero attached hydrogens (tertiary/aromatic N) is 3. The number of imide groups is 1. The molecular weight excluding hydrogens is 796 g/mol. The van der Waals surface area contributed by atoms with E-state index in [4.69, 9.17) is 18.9 Å². The maximum atomic E-state index is 15.0. The summed E-state index contributed by atoms with van der Waals surface area (Å²) in [6, 6.07) is 18.6. The Balaban J connectivity index is 0.885. The second kappa shape index (κ2) is 17.9. The Bertz CT molecular complexity index is 2200. The molecule has 0 radical (unpaired) electrons. The van der Waals surface area contributed by atoms with E-state index < -0.39 is 29.6 Å². The zero-order valence-electron chi connectivity index (χ0n) is 36.5. The molecule has 4 amide bonds. The standard InChI is InChI=1S/C47H57FN6O8/c1-27(2)54(31-20-34(21-31)61-32-14-15-36(37(48)22-32)42(57)50-38-16-17-40(55)51-43(38)58)26-35-25-53(18-19-60-35)30-11-8-28(9-12-30)41(56)52-44-46(3,4)45(47(44,5)6)62-33-13-10-29(24-49)39(23-33)59-7/h8-15,22-23,27,31,34-35,38,44-45H,16-21,25-26H2,1-7H3,(H,50,57)(H,52,56)(H,51,55,58)/t31?,34?,35-,38+,44?,45?/m1/s1. The van der Waals surface area contributed by atoms with Gasteiger partial charge in [0.1, 0.15) is 47.4 Å². The minimum Gasteiger partial charge on any atom is -0.495 e. The molecule has 14 nitrogen and oxygen atoms in total. The quantitative estimate of drug-likeness (QED) is 0.178. The van der Waals surface area contributed by atoms with E-state index in [-0.39, 0.29) is 71.6 Å². The fourth-order valence-electron chi connectivity index (χ4n) is 9.81. The Morgan fingerprint density at radius 1 is 0.984 bits per heavy atom. The highest BCUT2D eigenvalue weighted by atomic mass is 19.1. The third-order valence-corrected chi connectivity index (χ3v) is 12.9. The molecule has 2 atom stereocenters. The molecule has 0 unspecified atom stereocenters. The number of hydrogen-bond acceptors (Lipinski definition) is 11. The predicted octanol–water partition coefficient (Wildman–Crippen LogP) is 5.38. The van der Waals surface area contributed by atoms with Gasteiger partial charge in [0.2, 0.25) is 11.8 Å². The van der Waals surface area contributed by atoms with Gasteiger partial charge in [-0.15, -0.1) is 0 Å². The van der Waals surface area contributed by atoms with Crippen LogP contribution in [-0.4, -0.2) is 104 Å². The molecule has 3 aromatic carbocycles. The number of benzene rings is 3. The van der Waals surface area contributed by atoms with Crippen LogP contribution in [0.2, 0.25) is 0 Å². The van der Waals surface area contributed by atoms with Crippen molar-refractivity contribution in [1.82, 2.24) is 20.9 Å². The zero-order chi connectivity index (χ0) is 44.5. The van der Waals surface area contributed by atoms with Gasteiger partial charge < -0.3 is 34.5 Å². The third-order valence-electron chi connectivity index (χ3n) is 12.9. The lowest BCUT2D eigenvalue weighted by atomic mass is 9.49. The van der Waals surface area contributed by atoms with Crippen LogP contribution < -0.4 is 35.1 Å². The first-order valence-corrected chi connectivity index (χ1v) is 21.4. The highest BCUT2D eigenvalue weighted by Gasteiger charge is 2.64. The van der Waals surface area contributed by atoms with Gasteiger partial charge in [-0.3, -0.25) is 29.4 Å². The van der Waals surface area contributed by atoms with E-state index in [0.29, 0.717) is 41.5 Å². The fourth-order valence-corrected chi connectivity index (χ4v) is 9.81. The van der Waals surface area contributed by atoms with Crippen LogP contribution in [0.5, 0.6) is 17.2 Å². The van der Waals surface area contributed by atoms with Crippen LogP contribution in [0.1, 0.15) is 93.5 Å². The molecule has 0 bridgehead atoms. The molecule has 2 aliphatic carbocycles. The lowest BCUT2D eigenvalue weighted by molar-refractivity contribution is -0.164. The van der Waals surface area contributed by atoms with Gasteiger partial charge in [0, 0.05) is 91.2 Å². The average molecular weight is 853 g/mol. The lowest BCUT2D eigenvalue weighted by Crippen LogP contribution is -2.74. The number of rotatable bonds is 14. The summed E-state index contributed by atoms with van der Waals surface area (Å²) in [5, 5.41) is 17.3. The molecular formula is C47H57FN6O8. The average Bonchev–Trinajstić information content (AvgIpc) is 3.23. The van der Waals surface area contributed by atoms with Crippen molar-refractivity contribution in [3.63, 3.8) is 0 Å². The van der Waals surface area contributed by atoms with Crippen LogP contribution in [0.4, 0.5) is 10.1 Å². The van der Waals surface area contributed by atoms with Gasteiger partial charge in [-0.25, -0.2) is 4.39 Å². The summed E-state index contributed by atoms with van der Waals surface area (Å²) >= 11 is 0. The molecule has 330 valence electrons. The summed E-state index contributed by atoms with van der Waals surface area (Å²) in [5.41, 5.74) is 1.07. The number of nitriles is 1. The van der Waals surface area contributed by atoms with Crippen LogP contribution >= 0.6 is 0 Å². The van der Waals surface area contributed by atoms with E-state index in [0.717, 1.165) is 31.6 Å². The highest BCUT2D eigenvalue weighted by molar-refractivity contribution is 6.03. The van der Waals surface area contributed by atoms with Gasteiger partial charge in [0.25, 0.3) is 11.8 Å². The van der Waals surface area contributed by atoms with E-state index in [9.17, 15) is 24.4 Å². The van der Waals surface area contributed by atoms with Crippen LogP contribution in [0.25, 0.3) is 0 Å². The largest absolute Gasteiger partial charge is 0.495 e. The monoisotopic (exact) mass is 852 g/mol. The van der Waals surface area contributed by atoms with Gasteiger partial charge in [0.05, 0.1) is 30.9 Å². The molecule has 62 heavy (non-hydrogen) atoms. The number of carbonyl (C=O) groups excluding carboxylic acids is 4. The first-order valence-electron chi connectivity index (χ1n) is 21.4. The maximum absolute atomic E-state index is 15.0. The molecule has 2 aliphatic heterocycles. The molecule has 4 aliphatic rings. The molecule has 0 spiro atoms. The Kier molecular flexibility index (Phi) is 12.8. The summed E-state index contributed by atoms with van der Waals surface area (Å²) in [4.78, 5) is 54.5. The van der Waals surface area contributed by atoms with Crippen molar-refractivity contribution >= 4 is 29.3 Å². The first kappa shape index (κ1) is 44.3. The first-order chi connectivity index (χ1) is 29.5.